The molecule has 2 bridgehead atoms. The van der Waals surface area contributed by atoms with Gasteiger partial charge in [0.05, 0.1) is 5.41 Å². The van der Waals surface area contributed by atoms with Crippen LogP contribution in [0.4, 0.5) is 18.0 Å². The number of halogens is 3. The molecule has 0 saturated heterocycles. The normalized spacial score (nSPS) is 29.0. The van der Waals surface area contributed by atoms with Gasteiger partial charge in [-0.15, -0.1) is 0 Å². The zero-order valence-corrected chi connectivity index (χ0v) is 12.6. The Morgan fingerprint density at radius 3 is 2.29 bits per heavy atom. The maximum Gasteiger partial charge on any atom is 0.408 e. The topological polar surface area (TPSA) is 75.6 Å². The predicted octanol–water partition coefficient (Wildman–Crippen LogP) is 3.10. The third-order valence-electron chi connectivity index (χ3n) is 5.01. The van der Waals surface area contributed by atoms with Crippen molar-refractivity contribution in [3.05, 3.63) is 35.9 Å². The van der Waals surface area contributed by atoms with Gasteiger partial charge in [0, 0.05) is 5.41 Å². The molecule has 0 unspecified atom stereocenters. The Balaban J connectivity index is 1.57. The Morgan fingerprint density at radius 2 is 1.79 bits per heavy atom. The van der Waals surface area contributed by atoms with Gasteiger partial charge in [0.1, 0.15) is 12.6 Å². The van der Waals surface area contributed by atoms with Crippen LogP contribution in [0.15, 0.2) is 30.3 Å². The number of hydrogen-bond donors (Lipinski definition) is 2. The van der Waals surface area contributed by atoms with E-state index in [0.717, 1.165) is 5.56 Å². The number of carboxylic acid groups (broad SMARTS) is 1. The maximum absolute atomic E-state index is 12.9. The summed E-state index contributed by atoms with van der Waals surface area (Å²) < 4.78 is 43.6. The highest BCUT2D eigenvalue weighted by molar-refractivity contribution is 5.81. The standard InChI is InChI=1S/C16H16F3NO4/c17-16(18,19)15-7-14(8-15,9-15)11(12(21)22)20-13(23)24-6-10-4-2-1-3-5-10/h1-5,11H,6-9H2,(H,20,23)(H,21,22)/t11-,14?,15?/m0/s1. The summed E-state index contributed by atoms with van der Waals surface area (Å²) in [5.74, 6) is -1.35. The summed E-state index contributed by atoms with van der Waals surface area (Å²) in [5.41, 5.74) is -2.07. The molecule has 1 aromatic carbocycles. The lowest BCUT2D eigenvalue weighted by Crippen LogP contribution is -2.75. The Kier molecular flexibility index (Phi) is 3.73. The molecule has 3 aliphatic rings. The van der Waals surface area contributed by atoms with Crippen LogP contribution >= 0.6 is 0 Å². The molecule has 8 heteroatoms. The fraction of sp³-hybridized carbons (Fsp3) is 0.500. The van der Waals surface area contributed by atoms with Gasteiger partial charge < -0.3 is 15.2 Å². The third-order valence-corrected chi connectivity index (χ3v) is 5.01. The van der Waals surface area contributed by atoms with Crippen LogP contribution in [0.5, 0.6) is 0 Å². The van der Waals surface area contributed by atoms with Crippen molar-refractivity contribution in [3.63, 3.8) is 0 Å². The zero-order chi connectivity index (χ0) is 17.6. The van der Waals surface area contributed by atoms with Gasteiger partial charge in [-0.05, 0) is 24.8 Å². The highest BCUT2D eigenvalue weighted by Crippen LogP contribution is 2.79. The first-order valence-corrected chi connectivity index (χ1v) is 7.44. The lowest BCUT2D eigenvalue weighted by molar-refractivity contribution is -0.367. The van der Waals surface area contributed by atoms with Gasteiger partial charge in [0.2, 0.25) is 0 Å². The minimum atomic E-state index is -4.33. The molecule has 24 heavy (non-hydrogen) atoms. The van der Waals surface area contributed by atoms with Crippen molar-refractivity contribution >= 4 is 12.1 Å². The van der Waals surface area contributed by atoms with E-state index in [4.69, 9.17) is 4.74 Å². The number of benzene rings is 1. The summed E-state index contributed by atoms with van der Waals surface area (Å²) in [6.07, 6.45) is -6.07. The predicted molar refractivity (Wildman–Crippen MR) is 76.0 cm³/mol. The number of alkyl carbamates (subject to hydrolysis) is 1. The lowest BCUT2D eigenvalue weighted by atomic mass is 9.33. The number of aliphatic carboxylic acids is 1. The van der Waals surface area contributed by atoms with E-state index < -0.39 is 35.1 Å². The highest BCUT2D eigenvalue weighted by atomic mass is 19.4. The molecule has 2 N–H and O–H groups in total. The number of carbonyl (C=O) groups excluding carboxylic acids is 1. The van der Waals surface area contributed by atoms with E-state index in [1.807, 2.05) is 0 Å². The molecule has 0 radical (unpaired) electrons. The first kappa shape index (κ1) is 16.6. The average molecular weight is 343 g/mol. The van der Waals surface area contributed by atoms with Crippen LogP contribution in [0.1, 0.15) is 24.8 Å². The van der Waals surface area contributed by atoms with Crippen molar-refractivity contribution in [2.24, 2.45) is 10.8 Å². The van der Waals surface area contributed by atoms with Crippen LogP contribution in [-0.2, 0) is 16.1 Å². The molecule has 0 spiro atoms. The van der Waals surface area contributed by atoms with Gasteiger partial charge in [0.15, 0.2) is 0 Å². The Hall–Kier alpha value is -2.25. The van der Waals surface area contributed by atoms with Gasteiger partial charge in [-0.3, -0.25) is 0 Å². The molecule has 0 aliphatic heterocycles. The second-order valence-corrected chi connectivity index (χ2v) is 6.65. The number of hydrogen-bond acceptors (Lipinski definition) is 3. The number of ether oxygens (including phenoxy) is 1. The number of carboxylic acids is 1. The Morgan fingerprint density at radius 1 is 1.21 bits per heavy atom. The summed E-state index contributed by atoms with van der Waals surface area (Å²) >= 11 is 0. The number of nitrogens with one attached hydrogen (secondary N) is 1. The fourth-order valence-electron chi connectivity index (χ4n) is 3.83. The van der Waals surface area contributed by atoms with Gasteiger partial charge in [0.25, 0.3) is 0 Å². The van der Waals surface area contributed by atoms with Crippen molar-refractivity contribution in [2.45, 2.75) is 38.1 Å². The quantitative estimate of drug-likeness (QED) is 0.861. The number of carbonyl (C=O) groups is 2. The van der Waals surface area contributed by atoms with Crippen LogP contribution in [0.25, 0.3) is 0 Å². The van der Waals surface area contributed by atoms with Crippen molar-refractivity contribution in [3.8, 4) is 0 Å². The summed E-state index contributed by atoms with van der Waals surface area (Å²) in [4.78, 5) is 23.2. The van der Waals surface area contributed by atoms with Crippen LogP contribution in [0.2, 0.25) is 0 Å². The number of alkyl halides is 3. The van der Waals surface area contributed by atoms with Gasteiger partial charge in [-0.25, -0.2) is 9.59 Å². The van der Waals surface area contributed by atoms with Crippen LogP contribution in [0.3, 0.4) is 0 Å². The summed E-state index contributed by atoms with van der Waals surface area (Å²) in [6.45, 7) is -0.0432. The molecule has 3 fully saturated rings. The highest BCUT2D eigenvalue weighted by Gasteiger charge is 2.81. The molecule has 3 saturated carbocycles. The van der Waals surface area contributed by atoms with Crippen LogP contribution in [0, 0.1) is 10.8 Å². The molecule has 130 valence electrons. The monoisotopic (exact) mass is 343 g/mol. The molecule has 1 amide bonds. The van der Waals surface area contributed by atoms with Gasteiger partial charge >= 0.3 is 18.2 Å². The first-order valence-electron chi connectivity index (χ1n) is 7.44. The minimum absolute atomic E-state index is 0.0432. The molecule has 5 nitrogen and oxygen atoms in total. The van der Waals surface area contributed by atoms with Crippen molar-refractivity contribution < 1.29 is 32.6 Å². The van der Waals surface area contributed by atoms with Gasteiger partial charge in [-0.1, -0.05) is 30.3 Å². The molecular weight excluding hydrogens is 327 g/mol. The maximum atomic E-state index is 12.9. The van der Waals surface area contributed by atoms with E-state index in [1.165, 1.54) is 0 Å². The third kappa shape index (κ3) is 2.59. The SMILES string of the molecule is O=C(N[C@@H](C(=O)O)C12CC(C(F)(F)F)(C1)C2)OCc1ccccc1. The molecule has 1 aromatic rings. The molecule has 0 aromatic heterocycles. The van der Waals surface area contributed by atoms with E-state index in [1.54, 1.807) is 30.3 Å². The van der Waals surface area contributed by atoms with E-state index in [2.05, 4.69) is 5.32 Å². The average Bonchev–Trinajstić information content (AvgIpc) is 2.40. The molecule has 4 rings (SSSR count). The van der Waals surface area contributed by atoms with E-state index >= 15 is 0 Å². The summed E-state index contributed by atoms with van der Waals surface area (Å²) in [6, 6.07) is 7.41. The van der Waals surface area contributed by atoms with Gasteiger partial charge in [-0.2, -0.15) is 13.2 Å². The Bertz CT molecular complexity index is 639. The van der Waals surface area contributed by atoms with E-state index in [0.29, 0.717) is 0 Å². The largest absolute Gasteiger partial charge is 0.480 e. The molecule has 0 heterocycles. The van der Waals surface area contributed by atoms with Crippen LogP contribution < -0.4 is 5.32 Å². The smallest absolute Gasteiger partial charge is 0.408 e. The molecular formula is C16H16F3NO4. The first-order chi connectivity index (χ1) is 11.2. The van der Waals surface area contributed by atoms with Crippen molar-refractivity contribution in [1.82, 2.24) is 5.32 Å². The number of amides is 1. The fourth-order valence-corrected chi connectivity index (χ4v) is 3.83. The minimum Gasteiger partial charge on any atom is -0.480 e. The number of rotatable bonds is 5. The second kappa shape index (κ2) is 5.39. The summed E-state index contributed by atoms with van der Waals surface area (Å²) in [5, 5.41) is 11.5. The summed E-state index contributed by atoms with van der Waals surface area (Å²) in [7, 11) is 0. The van der Waals surface area contributed by atoms with Crippen molar-refractivity contribution in [2.75, 3.05) is 0 Å². The lowest BCUT2D eigenvalue weighted by Gasteiger charge is -2.71. The molecule has 3 aliphatic carbocycles. The van der Waals surface area contributed by atoms with Crippen molar-refractivity contribution in [1.29, 1.82) is 0 Å². The molecule has 1 atom stereocenters. The van der Waals surface area contributed by atoms with E-state index in [9.17, 15) is 27.9 Å². The van der Waals surface area contributed by atoms with E-state index in [-0.39, 0.29) is 25.9 Å². The zero-order valence-electron chi connectivity index (χ0n) is 12.6. The van der Waals surface area contributed by atoms with Crippen LogP contribution in [-0.4, -0.2) is 29.4 Å². The Labute approximate surface area is 135 Å². The second-order valence-electron chi connectivity index (χ2n) is 6.65.